The molecule has 0 radical (unpaired) electrons. The fourth-order valence-corrected chi connectivity index (χ4v) is 1.13. The zero-order valence-corrected chi connectivity index (χ0v) is 9.22. The van der Waals surface area contributed by atoms with Gasteiger partial charge in [0, 0.05) is 5.92 Å². The Balaban J connectivity index is 2.49. The number of benzene rings is 1. The third-order valence-corrected chi connectivity index (χ3v) is 2.25. The molecule has 16 heavy (non-hydrogen) atoms. The van der Waals surface area contributed by atoms with Gasteiger partial charge in [0.25, 0.3) is 0 Å². The minimum Gasteiger partial charge on any atom is -0.462 e. The molecule has 0 unspecified atom stereocenters. The monoisotopic (exact) mass is 224 g/mol. The van der Waals surface area contributed by atoms with E-state index >= 15 is 0 Å². The number of aryl methyl sites for hydroxylation is 1. The number of aliphatic hydroxyl groups is 2. The summed E-state index contributed by atoms with van der Waals surface area (Å²) >= 11 is 0. The average Bonchev–Trinajstić information content (AvgIpc) is 2.31. The van der Waals surface area contributed by atoms with Gasteiger partial charge in [0.2, 0.25) is 0 Å². The molecule has 0 atom stereocenters. The minimum atomic E-state index is -0.438. The van der Waals surface area contributed by atoms with Gasteiger partial charge in [-0.3, -0.25) is 0 Å². The number of carbonyl (C=O) groups is 1. The molecule has 0 spiro atoms. The molecule has 0 fully saturated rings. The van der Waals surface area contributed by atoms with Gasteiger partial charge in [0.05, 0.1) is 25.4 Å². The lowest BCUT2D eigenvalue weighted by molar-refractivity contribution is 0.0304. The lowest BCUT2D eigenvalue weighted by Gasteiger charge is -2.11. The maximum Gasteiger partial charge on any atom is 0.338 e. The lowest BCUT2D eigenvalue weighted by atomic mass is 10.1. The van der Waals surface area contributed by atoms with Gasteiger partial charge in [-0.15, -0.1) is 0 Å². The summed E-state index contributed by atoms with van der Waals surface area (Å²) in [4.78, 5) is 11.5. The van der Waals surface area contributed by atoms with E-state index in [9.17, 15) is 4.79 Å². The van der Waals surface area contributed by atoms with Gasteiger partial charge >= 0.3 is 5.97 Å². The van der Waals surface area contributed by atoms with E-state index in [4.69, 9.17) is 14.9 Å². The molecule has 0 bridgehead atoms. The Morgan fingerprint density at radius 1 is 1.25 bits per heavy atom. The van der Waals surface area contributed by atoms with Gasteiger partial charge in [-0.2, -0.15) is 0 Å². The van der Waals surface area contributed by atoms with Crippen LogP contribution in [0.4, 0.5) is 0 Å². The predicted octanol–water partition coefficient (Wildman–Crippen LogP) is 0.753. The Morgan fingerprint density at radius 3 is 2.31 bits per heavy atom. The van der Waals surface area contributed by atoms with Gasteiger partial charge in [-0.25, -0.2) is 4.79 Å². The normalized spacial score (nSPS) is 10.5. The predicted molar refractivity (Wildman–Crippen MR) is 59.1 cm³/mol. The molecule has 0 aliphatic heterocycles. The zero-order chi connectivity index (χ0) is 12.0. The van der Waals surface area contributed by atoms with Crippen molar-refractivity contribution < 1.29 is 19.7 Å². The summed E-state index contributed by atoms with van der Waals surface area (Å²) in [6, 6.07) is 7.02. The Kier molecular flexibility index (Phi) is 4.95. The zero-order valence-electron chi connectivity index (χ0n) is 9.22. The van der Waals surface area contributed by atoms with Crippen molar-refractivity contribution in [2.75, 3.05) is 19.8 Å². The smallest absolute Gasteiger partial charge is 0.338 e. The third kappa shape index (κ3) is 3.64. The van der Waals surface area contributed by atoms with E-state index in [0.29, 0.717) is 5.56 Å². The van der Waals surface area contributed by atoms with Crippen LogP contribution in [-0.2, 0) is 4.74 Å². The van der Waals surface area contributed by atoms with E-state index in [1.165, 1.54) is 0 Å². The fraction of sp³-hybridized carbons (Fsp3) is 0.417. The van der Waals surface area contributed by atoms with Crippen molar-refractivity contribution in [3.05, 3.63) is 35.4 Å². The fourth-order valence-electron chi connectivity index (χ4n) is 1.13. The summed E-state index contributed by atoms with van der Waals surface area (Å²) in [6.07, 6.45) is 0. The maximum atomic E-state index is 11.5. The summed E-state index contributed by atoms with van der Waals surface area (Å²) in [5.41, 5.74) is 1.54. The van der Waals surface area contributed by atoms with E-state index < -0.39 is 11.9 Å². The molecule has 0 heterocycles. The number of rotatable bonds is 5. The number of hydrogen-bond acceptors (Lipinski definition) is 4. The molecule has 0 aliphatic carbocycles. The van der Waals surface area contributed by atoms with E-state index in [1.807, 2.05) is 19.1 Å². The second-order valence-electron chi connectivity index (χ2n) is 3.70. The Hall–Kier alpha value is -1.39. The van der Waals surface area contributed by atoms with Crippen molar-refractivity contribution in [3.8, 4) is 0 Å². The number of aliphatic hydroxyl groups excluding tert-OH is 2. The Morgan fingerprint density at radius 2 is 1.81 bits per heavy atom. The maximum absolute atomic E-state index is 11.5. The number of esters is 1. The highest BCUT2D eigenvalue weighted by Gasteiger charge is 2.11. The quantitative estimate of drug-likeness (QED) is 0.724. The van der Waals surface area contributed by atoms with Crippen molar-refractivity contribution in [1.82, 2.24) is 0 Å². The van der Waals surface area contributed by atoms with E-state index in [-0.39, 0.29) is 19.8 Å². The highest BCUT2D eigenvalue weighted by molar-refractivity contribution is 5.89. The van der Waals surface area contributed by atoms with Crippen LogP contribution >= 0.6 is 0 Å². The molecule has 4 heteroatoms. The second-order valence-corrected chi connectivity index (χ2v) is 3.70. The van der Waals surface area contributed by atoms with Crippen LogP contribution in [-0.4, -0.2) is 36.0 Å². The SMILES string of the molecule is Cc1ccc(C(=O)OCC(CO)CO)cc1. The molecule has 0 amide bonds. The third-order valence-electron chi connectivity index (χ3n) is 2.25. The highest BCUT2D eigenvalue weighted by atomic mass is 16.5. The van der Waals surface area contributed by atoms with Crippen LogP contribution in [0, 0.1) is 12.8 Å². The number of carbonyl (C=O) groups excluding carboxylic acids is 1. The van der Waals surface area contributed by atoms with Gasteiger partial charge in [-0.05, 0) is 19.1 Å². The molecule has 1 rings (SSSR count). The van der Waals surface area contributed by atoms with E-state index in [2.05, 4.69) is 0 Å². The van der Waals surface area contributed by atoms with Crippen molar-refractivity contribution >= 4 is 5.97 Å². The summed E-state index contributed by atoms with van der Waals surface area (Å²) in [5, 5.41) is 17.6. The molecule has 1 aromatic rings. The van der Waals surface area contributed by atoms with Crippen LogP contribution in [0.5, 0.6) is 0 Å². The van der Waals surface area contributed by atoms with Crippen LogP contribution < -0.4 is 0 Å². The van der Waals surface area contributed by atoms with Crippen LogP contribution in [0.15, 0.2) is 24.3 Å². The van der Waals surface area contributed by atoms with Crippen molar-refractivity contribution in [2.45, 2.75) is 6.92 Å². The first-order valence-electron chi connectivity index (χ1n) is 5.13. The first-order valence-corrected chi connectivity index (χ1v) is 5.13. The molecule has 0 aliphatic rings. The van der Waals surface area contributed by atoms with E-state index in [1.54, 1.807) is 12.1 Å². The topological polar surface area (TPSA) is 66.8 Å². The molecule has 4 nitrogen and oxygen atoms in total. The molecule has 1 aromatic carbocycles. The molecular formula is C12H16O4. The van der Waals surface area contributed by atoms with Gasteiger partial charge in [-0.1, -0.05) is 17.7 Å². The van der Waals surface area contributed by atoms with Crippen LogP contribution in [0.25, 0.3) is 0 Å². The molecule has 0 aromatic heterocycles. The summed E-state index contributed by atoms with van der Waals surface area (Å²) in [6.45, 7) is 1.57. The van der Waals surface area contributed by atoms with Crippen LogP contribution in [0.2, 0.25) is 0 Å². The van der Waals surface area contributed by atoms with Gasteiger partial charge < -0.3 is 14.9 Å². The van der Waals surface area contributed by atoms with Crippen molar-refractivity contribution in [1.29, 1.82) is 0 Å². The minimum absolute atomic E-state index is 0.0275. The molecule has 88 valence electrons. The summed E-state index contributed by atoms with van der Waals surface area (Å²) in [5.74, 6) is -0.846. The molecule has 0 saturated heterocycles. The molecule has 0 saturated carbocycles. The summed E-state index contributed by atoms with van der Waals surface area (Å²) < 4.78 is 4.95. The molecule has 2 N–H and O–H groups in total. The van der Waals surface area contributed by atoms with Gasteiger partial charge in [0.15, 0.2) is 0 Å². The largest absolute Gasteiger partial charge is 0.462 e. The standard InChI is InChI=1S/C12H16O4/c1-9-2-4-11(5-3-9)12(15)16-8-10(6-13)7-14/h2-5,10,13-14H,6-8H2,1H3. The Bertz CT molecular complexity index is 327. The Labute approximate surface area is 94.5 Å². The van der Waals surface area contributed by atoms with Crippen LogP contribution in [0.3, 0.4) is 0 Å². The second kappa shape index (κ2) is 6.25. The van der Waals surface area contributed by atoms with Crippen molar-refractivity contribution in [2.24, 2.45) is 5.92 Å². The summed E-state index contributed by atoms with van der Waals surface area (Å²) in [7, 11) is 0. The number of ether oxygens (including phenoxy) is 1. The van der Waals surface area contributed by atoms with Crippen LogP contribution in [0.1, 0.15) is 15.9 Å². The lowest BCUT2D eigenvalue weighted by Crippen LogP contribution is -2.20. The van der Waals surface area contributed by atoms with Gasteiger partial charge in [0.1, 0.15) is 0 Å². The first kappa shape index (κ1) is 12.7. The highest BCUT2D eigenvalue weighted by Crippen LogP contribution is 2.06. The van der Waals surface area contributed by atoms with E-state index in [0.717, 1.165) is 5.56 Å². The van der Waals surface area contributed by atoms with Crippen molar-refractivity contribution in [3.63, 3.8) is 0 Å². The molecular weight excluding hydrogens is 208 g/mol. The number of hydrogen-bond donors (Lipinski definition) is 2. The average molecular weight is 224 g/mol. The first-order chi connectivity index (χ1) is 7.67.